The van der Waals surface area contributed by atoms with Crippen molar-refractivity contribution in [2.75, 3.05) is 6.61 Å². The smallest absolute Gasteiger partial charge is 0.256 e. The van der Waals surface area contributed by atoms with Crippen molar-refractivity contribution in [3.05, 3.63) is 76.2 Å². The summed E-state index contributed by atoms with van der Waals surface area (Å²) in [5.74, 6) is -1.52. The van der Waals surface area contributed by atoms with Crippen LogP contribution in [0.1, 0.15) is 21.5 Å². The van der Waals surface area contributed by atoms with E-state index in [1.54, 1.807) is 24.3 Å². The molecule has 0 aliphatic rings. The number of pyridine rings is 1. The summed E-state index contributed by atoms with van der Waals surface area (Å²) in [6, 6.07) is 9.71. The fourth-order valence-electron chi connectivity index (χ4n) is 2.60. The molecule has 1 amide bonds. The van der Waals surface area contributed by atoms with Gasteiger partial charge in [-0.1, -0.05) is 35.9 Å². The lowest BCUT2D eigenvalue weighted by Crippen LogP contribution is -2.23. The maximum Gasteiger partial charge on any atom is 0.256 e. The van der Waals surface area contributed by atoms with Gasteiger partial charge in [-0.15, -0.1) is 0 Å². The van der Waals surface area contributed by atoms with E-state index in [0.29, 0.717) is 10.6 Å². The predicted octanol–water partition coefficient (Wildman–Crippen LogP) is 3.67. The zero-order valence-electron chi connectivity index (χ0n) is 14.1. The molecule has 0 saturated carbocycles. The molecule has 0 aliphatic heterocycles. The van der Waals surface area contributed by atoms with E-state index in [2.05, 4.69) is 10.3 Å². The number of carbonyl (C=O) groups is 1. The van der Waals surface area contributed by atoms with Gasteiger partial charge in [-0.05, 0) is 35.4 Å². The number of halogens is 2. The Bertz CT molecular complexity index is 1020. The van der Waals surface area contributed by atoms with E-state index in [1.807, 2.05) is 0 Å². The van der Waals surface area contributed by atoms with E-state index >= 15 is 0 Å². The second kappa shape index (κ2) is 8.16. The molecular formula is C20H16ClFN2O3. The topological polar surface area (TPSA) is 82.5 Å². The number of aromatic nitrogens is 1. The molecule has 7 heteroatoms. The number of aromatic hydroxyl groups is 1. The van der Waals surface area contributed by atoms with Gasteiger partial charge in [0.25, 0.3) is 5.91 Å². The average Bonchev–Trinajstić information content (AvgIpc) is 2.66. The highest BCUT2D eigenvalue weighted by Gasteiger charge is 2.17. The van der Waals surface area contributed by atoms with E-state index < -0.39 is 11.7 Å². The monoisotopic (exact) mass is 386 g/mol. The Hall–Kier alpha value is -2.96. The van der Waals surface area contributed by atoms with Gasteiger partial charge in [0.2, 0.25) is 0 Å². The number of amides is 1. The molecule has 0 radical (unpaired) electrons. The van der Waals surface area contributed by atoms with Crippen molar-refractivity contribution in [2.45, 2.75) is 6.54 Å². The molecule has 0 atom stereocenters. The Kier molecular flexibility index (Phi) is 5.69. The standard InChI is InChI=1S/C20H16ClFN2O3/c21-14-5-3-12(4-6-14)10-24-20(27)16-11-23-18-15(19(16)26)8-13(2-1-7-25)9-17(18)22/h1-6,8-9,11,25H,7,10H2,(H,23,26)(H,24,27)/b2-1-. The van der Waals surface area contributed by atoms with Crippen LogP contribution in [0.3, 0.4) is 0 Å². The van der Waals surface area contributed by atoms with E-state index in [-0.39, 0.29) is 35.4 Å². The molecule has 0 fully saturated rings. The summed E-state index contributed by atoms with van der Waals surface area (Å²) in [5.41, 5.74) is 1.18. The van der Waals surface area contributed by atoms with Crippen LogP contribution in [0.5, 0.6) is 5.75 Å². The Balaban J connectivity index is 1.89. The van der Waals surface area contributed by atoms with Crippen LogP contribution in [0.25, 0.3) is 17.0 Å². The van der Waals surface area contributed by atoms with Crippen molar-refractivity contribution in [1.29, 1.82) is 0 Å². The van der Waals surface area contributed by atoms with Gasteiger partial charge >= 0.3 is 0 Å². The lowest BCUT2D eigenvalue weighted by Gasteiger charge is -2.10. The van der Waals surface area contributed by atoms with Crippen LogP contribution in [-0.4, -0.2) is 27.7 Å². The highest BCUT2D eigenvalue weighted by molar-refractivity contribution is 6.30. The lowest BCUT2D eigenvalue weighted by atomic mass is 10.1. The van der Waals surface area contributed by atoms with Crippen molar-refractivity contribution >= 4 is 34.5 Å². The fourth-order valence-corrected chi connectivity index (χ4v) is 2.72. The Labute approximate surface area is 159 Å². The van der Waals surface area contributed by atoms with Crippen LogP contribution < -0.4 is 5.32 Å². The third-order valence-corrected chi connectivity index (χ3v) is 4.20. The number of hydrogen-bond donors (Lipinski definition) is 3. The first kappa shape index (κ1) is 18.8. The van der Waals surface area contributed by atoms with E-state index in [9.17, 15) is 14.3 Å². The minimum Gasteiger partial charge on any atom is -0.506 e. The minimum absolute atomic E-state index is 0.0390. The second-order valence-corrected chi connectivity index (χ2v) is 6.25. The van der Waals surface area contributed by atoms with Gasteiger partial charge in [-0.3, -0.25) is 9.78 Å². The summed E-state index contributed by atoms with van der Waals surface area (Å²) in [6.07, 6.45) is 4.09. The van der Waals surface area contributed by atoms with Gasteiger partial charge in [0, 0.05) is 23.2 Å². The van der Waals surface area contributed by atoms with Crippen LogP contribution in [0.15, 0.2) is 48.7 Å². The first-order valence-electron chi connectivity index (χ1n) is 8.11. The number of rotatable bonds is 5. The summed E-state index contributed by atoms with van der Waals surface area (Å²) in [6.45, 7) is 0.0398. The molecule has 3 N–H and O–H groups in total. The first-order valence-corrected chi connectivity index (χ1v) is 8.48. The summed E-state index contributed by atoms with van der Waals surface area (Å²) in [5, 5.41) is 22.7. The van der Waals surface area contributed by atoms with E-state index in [4.69, 9.17) is 16.7 Å². The normalized spacial score (nSPS) is 11.2. The van der Waals surface area contributed by atoms with Gasteiger partial charge in [-0.2, -0.15) is 0 Å². The van der Waals surface area contributed by atoms with Crippen molar-refractivity contribution in [3.63, 3.8) is 0 Å². The number of fused-ring (bicyclic) bond motifs is 1. The number of hydrogen-bond acceptors (Lipinski definition) is 4. The van der Waals surface area contributed by atoms with Crippen LogP contribution in [-0.2, 0) is 6.54 Å². The van der Waals surface area contributed by atoms with Gasteiger partial charge in [0.05, 0.1) is 6.61 Å². The SMILES string of the molecule is O=C(NCc1ccc(Cl)cc1)c1cnc2c(F)cc(/C=C\CO)cc2c1O. The molecule has 0 unspecified atom stereocenters. The molecule has 0 saturated heterocycles. The molecular weight excluding hydrogens is 371 g/mol. The van der Waals surface area contributed by atoms with Gasteiger partial charge in [0.1, 0.15) is 22.6 Å². The third kappa shape index (κ3) is 4.24. The highest BCUT2D eigenvalue weighted by atomic mass is 35.5. The van der Waals surface area contributed by atoms with Crippen LogP contribution >= 0.6 is 11.6 Å². The first-order chi connectivity index (χ1) is 13.0. The third-order valence-electron chi connectivity index (χ3n) is 3.95. The van der Waals surface area contributed by atoms with Gasteiger partial charge < -0.3 is 15.5 Å². The lowest BCUT2D eigenvalue weighted by molar-refractivity contribution is 0.0948. The number of nitrogens with zero attached hydrogens (tertiary/aromatic N) is 1. The molecule has 3 rings (SSSR count). The Morgan fingerprint density at radius 2 is 2.00 bits per heavy atom. The Morgan fingerprint density at radius 1 is 1.26 bits per heavy atom. The van der Waals surface area contributed by atoms with Crippen LogP contribution in [0.4, 0.5) is 4.39 Å². The molecule has 1 heterocycles. The molecule has 1 aromatic heterocycles. The summed E-state index contributed by atoms with van der Waals surface area (Å²) in [7, 11) is 0. The number of aliphatic hydroxyl groups excluding tert-OH is 1. The molecule has 2 aromatic carbocycles. The number of carbonyl (C=O) groups excluding carboxylic acids is 1. The van der Waals surface area contributed by atoms with E-state index in [0.717, 1.165) is 11.8 Å². The summed E-state index contributed by atoms with van der Waals surface area (Å²) >= 11 is 5.83. The zero-order chi connectivity index (χ0) is 19.4. The minimum atomic E-state index is -0.631. The average molecular weight is 387 g/mol. The Morgan fingerprint density at radius 3 is 2.70 bits per heavy atom. The fraction of sp³-hybridized carbons (Fsp3) is 0.100. The van der Waals surface area contributed by atoms with Crippen LogP contribution in [0, 0.1) is 5.82 Å². The number of aliphatic hydroxyl groups is 1. The van der Waals surface area contributed by atoms with Crippen molar-refractivity contribution in [3.8, 4) is 5.75 Å². The van der Waals surface area contributed by atoms with Crippen molar-refractivity contribution in [2.24, 2.45) is 0 Å². The molecule has 3 aromatic rings. The quantitative estimate of drug-likeness (QED) is 0.625. The largest absolute Gasteiger partial charge is 0.506 e. The molecule has 5 nitrogen and oxygen atoms in total. The second-order valence-electron chi connectivity index (χ2n) is 5.81. The molecule has 0 spiro atoms. The molecule has 27 heavy (non-hydrogen) atoms. The number of nitrogens with one attached hydrogen (secondary N) is 1. The van der Waals surface area contributed by atoms with Crippen molar-refractivity contribution < 1.29 is 19.4 Å². The summed E-state index contributed by atoms with van der Waals surface area (Å²) in [4.78, 5) is 16.4. The number of benzene rings is 2. The zero-order valence-corrected chi connectivity index (χ0v) is 14.9. The van der Waals surface area contributed by atoms with Crippen molar-refractivity contribution in [1.82, 2.24) is 10.3 Å². The summed E-state index contributed by atoms with van der Waals surface area (Å²) < 4.78 is 14.2. The maximum absolute atomic E-state index is 14.2. The molecule has 0 bridgehead atoms. The van der Waals surface area contributed by atoms with Crippen LogP contribution in [0.2, 0.25) is 5.02 Å². The van der Waals surface area contributed by atoms with Gasteiger partial charge in [0.15, 0.2) is 0 Å². The highest BCUT2D eigenvalue weighted by Crippen LogP contribution is 2.30. The molecule has 0 aliphatic carbocycles. The predicted molar refractivity (Wildman–Crippen MR) is 102 cm³/mol. The van der Waals surface area contributed by atoms with Gasteiger partial charge in [-0.25, -0.2) is 4.39 Å². The molecule has 138 valence electrons. The van der Waals surface area contributed by atoms with E-state index in [1.165, 1.54) is 24.3 Å². The maximum atomic E-state index is 14.2.